The minimum Gasteiger partial charge on any atom is -0.342 e. The van der Waals surface area contributed by atoms with Gasteiger partial charge in [0, 0.05) is 25.0 Å². The minimum atomic E-state index is -0.154. The molecule has 2 fully saturated rings. The summed E-state index contributed by atoms with van der Waals surface area (Å²) < 4.78 is 0. The van der Waals surface area contributed by atoms with E-state index in [4.69, 9.17) is 0 Å². The monoisotopic (exact) mass is 462 g/mol. The average Bonchev–Trinajstić information content (AvgIpc) is 3.38. The Morgan fingerprint density at radius 3 is 2.64 bits per heavy atom. The van der Waals surface area contributed by atoms with Gasteiger partial charge in [0.15, 0.2) is 5.13 Å². The zero-order valence-electron chi connectivity index (χ0n) is 15.3. The Morgan fingerprint density at radius 1 is 1.21 bits per heavy atom. The molecule has 2 aromatic rings. The fraction of sp³-hybridized carbons (Fsp3) is 0.500. The third kappa shape index (κ3) is 5.24. The number of nitrogens with one attached hydrogen (secondary N) is 2. The number of nitrogens with zero attached hydrogens (tertiary/aromatic N) is 2. The minimum absolute atomic E-state index is 0. The van der Waals surface area contributed by atoms with Crippen molar-refractivity contribution in [2.75, 3.05) is 31.5 Å². The molecule has 0 saturated carbocycles. The van der Waals surface area contributed by atoms with Gasteiger partial charge in [-0.05, 0) is 42.7 Å². The van der Waals surface area contributed by atoms with Crippen LogP contribution >= 0.6 is 47.5 Å². The Balaban J connectivity index is 0.00000140. The van der Waals surface area contributed by atoms with Crippen molar-refractivity contribution in [3.8, 4) is 0 Å². The van der Waals surface area contributed by atoms with E-state index in [-0.39, 0.29) is 36.6 Å². The Morgan fingerprint density at radius 2 is 2.00 bits per heavy atom. The summed E-state index contributed by atoms with van der Waals surface area (Å²) >= 11 is 2.76. The number of carbonyl (C=O) groups excluding carboxylic acids is 2. The fourth-order valence-electron chi connectivity index (χ4n) is 3.73. The summed E-state index contributed by atoms with van der Waals surface area (Å²) in [4.78, 5) is 31.7. The number of hydrogen-bond donors (Lipinski definition) is 2. The Bertz CT molecular complexity index is 781. The van der Waals surface area contributed by atoms with Crippen LogP contribution in [0.25, 0.3) is 0 Å². The Hall–Kier alpha value is -1.19. The first-order valence-electron chi connectivity index (χ1n) is 8.91. The van der Waals surface area contributed by atoms with E-state index >= 15 is 0 Å². The number of likely N-dealkylation sites (tertiary alicyclic amines) is 1. The highest BCUT2D eigenvalue weighted by atomic mass is 35.5. The first-order valence-corrected chi connectivity index (χ1v) is 10.7. The molecule has 154 valence electrons. The lowest BCUT2D eigenvalue weighted by atomic mass is 9.78. The second kappa shape index (κ2) is 10.0. The van der Waals surface area contributed by atoms with Crippen molar-refractivity contribution in [3.63, 3.8) is 0 Å². The van der Waals surface area contributed by atoms with Gasteiger partial charge < -0.3 is 10.2 Å². The van der Waals surface area contributed by atoms with Gasteiger partial charge in [-0.15, -0.1) is 47.5 Å². The Labute approximate surface area is 184 Å². The van der Waals surface area contributed by atoms with E-state index in [9.17, 15) is 9.59 Å². The molecule has 4 rings (SSSR count). The number of thiophene rings is 1. The Kier molecular flexibility index (Phi) is 8.27. The van der Waals surface area contributed by atoms with Crippen molar-refractivity contribution in [1.29, 1.82) is 0 Å². The molecule has 2 saturated heterocycles. The molecule has 1 spiro atoms. The first-order chi connectivity index (χ1) is 12.6. The van der Waals surface area contributed by atoms with Crippen LogP contribution in [0.4, 0.5) is 5.13 Å². The molecule has 4 heterocycles. The summed E-state index contributed by atoms with van der Waals surface area (Å²) in [6, 6.07) is 3.62. The highest BCUT2D eigenvalue weighted by Gasteiger charge is 2.38. The first kappa shape index (κ1) is 23.1. The van der Waals surface area contributed by atoms with Gasteiger partial charge in [0.25, 0.3) is 5.91 Å². The van der Waals surface area contributed by atoms with Gasteiger partial charge in [-0.2, -0.15) is 0 Å². The van der Waals surface area contributed by atoms with Gasteiger partial charge in [-0.1, -0.05) is 6.07 Å². The third-order valence-corrected chi connectivity index (χ3v) is 7.03. The van der Waals surface area contributed by atoms with Gasteiger partial charge in [0.1, 0.15) is 0 Å². The van der Waals surface area contributed by atoms with Gasteiger partial charge >= 0.3 is 0 Å². The van der Waals surface area contributed by atoms with Crippen LogP contribution in [0.2, 0.25) is 0 Å². The number of hydrogen-bond acceptors (Lipinski definition) is 6. The molecule has 0 radical (unpaired) electrons. The number of halogens is 2. The molecule has 0 aromatic carbocycles. The second-order valence-corrected chi connectivity index (χ2v) is 8.87. The number of amides is 2. The quantitative estimate of drug-likeness (QED) is 0.729. The van der Waals surface area contributed by atoms with Crippen LogP contribution in [0.5, 0.6) is 0 Å². The van der Waals surface area contributed by atoms with Crippen LogP contribution in [-0.2, 0) is 11.2 Å². The summed E-state index contributed by atoms with van der Waals surface area (Å²) in [6.45, 7) is 3.88. The van der Waals surface area contributed by atoms with Gasteiger partial charge in [-0.25, -0.2) is 4.98 Å². The summed E-state index contributed by atoms with van der Waals surface area (Å²) in [5, 5.41) is 10.5. The maximum Gasteiger partial charge on any atom is 0.267 e. The number of carbonyl (C=O) groups is 2. The normalized spacial score (nSPS) is 17.6. The maximum atomic E-state index is 12.6. The van der Waals surface area contributed by atoms with Crippen molar-refractivity contribution < 1.29 is 9.59 Å². The molecule has 6 nitrogen and oxygen atoms in total. The molecule has 0 atom stereocenters. The highest BCUT2D eigenvalue weighted by molar-refractivity contribution is 7.14. The third-order valence-electron chi connectivity index (χ3n) is 5.36. The lowest BCUT2D eigenvalue weighted by Gasteiger charge is -2.38. The fourth-order valence-corrected chi connectivity index (χ4v) is 5.06. The molecule has 2 amide bonds. The van der Waals surface area contributed by atoms with E-state index in [1.54, 1.807) is 6.07 Å². The summed E-state index contributed by atoms with van der Waals surface area (Å²) in [6.07, 6.45) is 3.71. The van der Waals surface area contributed by atoms with Crippen LogP contribution in [-0.4, -0.2) is 47.9 Å². The van der Waals surface area contributed by atoms with E-state index in [0.29, 0.717) is 21.8 Å². The van der Waals surface area contributed by atoms with E-state index in [1.807, 2.05) is 21.7 Å². The van der Waals surface area contributed by atoms with Gasteiger partial charge in [0.2, 0.25) is 5.91 Å². The van der Waals surface area contributed by atoms with Gasteiger partial charge in [0.05, 0.1) is 17.0 Å². The predicted molar refractivity (Wildman–Crippen MR) is 118 cm³/mol. The van der Waals surface area contributed by atoms with Gasteiger partial charge in [-0.3, -0.25) is 14.9 Å². The SMILES string of the molecule is Cl.Cl.O=C(Nc1nc(CC(=O)N2CCC3(CCNC3)CC2)cs1)c1cccs1. The molecular formula is C18H24Cl2N4O2S2. The standard InChI is InChI=1S/C18H22N4O2S2.2ClH/c23-15(22-7-4-18(5-8-22)3-6-19-12-18)10-13-11-26-17(20-13)21-16(24)14-2-1-9-25-14;;/h1-2,9,11,19H,3-8,10,12H2,(H,20,21,24);2*1H. The van der Waals surface area contributed by atoms with E-state index in [1.165, 1.54) is 29.1 Å². The predicted octanol–water partition coefficient (Wildman–Crippen LogP) is 3.45. The maximum absolute atomic E-state index is 12.6. The molecule has 2 aliphatic heterocycles. The molecule has 2 N–H and O–H groups in total. The zero-order valence-corrected chi connectivity index (χ0v) is 18.6. The summed E-state index contributed by atoms with van der Waals surface area (Å²) in [5.74, 6) is -0.0223. The molecule has 10 heteroatoms. The van der Waals surface area contributed by atoms with Crippen molar-refractivity contribution in [3.05, 3.63) is 33.5 Å². The van der Waals surface area contributed by atoms with Crippen molar-refractivity contribution in [1.82, 2.24) is 15.2 Å². The number of aromatic nitrogens is 1. The van der Waals surface area contributed by atoms with E-state index in [2.05, 4.69) is 15.6 Å². The topological polar surface area (TPSA) is 74.3 Å². The molecule has 0 aliphatic carbocycles. The number of rotatable bonds is 4. The molecule has 2 aliphatic rings. The molecule has 2 aromatic heterocycles. The largest absolute Gasteiger partial charge is 0.342 e. The van der Waals surface area contributed by atoms with Crippen LogP contribution in [0.15, 0.2) is 22.9 Å². The van der Waals surface area contributed by atoms with Crippen molar-refractivity contribution >= 4 is 64.4 Å². The zero-order chi connectivity index (χ0) is 18.0. The average molecular weight is 463 g/mol. The van der Waals surface area contributed by atoms with E-state index in [0.717, 1.165) is 44.7 Å². The molecule has 0 bridgehead atoms. The number of thiazole rings is 1. The highest BCUT2D eigenvalue weighted by Crippen LogP contribution is 2.37. The molecular weight excluding hydrogens is 439 g/mol. The smallest absolute Gasteiger partial charge is 0.267 e. The van der Waals surface area contributed by atoms with E-state index < -0.39 is 0 Å². The van der Waals surface area contributed by atoms with Crippen LogP contribution in [0, 0.1) is 5.41 Å². The van der Waals surface area contributed by atoms with Crippen LogP contribution in [0.1, 0.15) is 34.6 Å². The number of anilines is 1. The summed E-state index contributed by atoms with van der Waals surface area (Å²) in [7, 11) is 0. The molecule has 0 unspecified atom stereocenters. The van der Waals surface area contributed by atoms with Crippen molar-refractivity contribution in [2.24, 2.45) is 5.41 Å². The lowest BCUT2D eigenvalue weighted by Crippen LogP contribution is -2.44. The van der Waals surface area contributed by atoms with Crippen LogP contribution < -0.4 is 10.6 Å². The number of piperidine rings is 1. The van der Waals surface area contributed by atoms with Crippen LogP contribution in [0.3, 0.4) is 0 Å². The lowest BCUT2D eigenvalue weighted by molar-refractivity contribution is -0.132. The summed E-state index contributed by atoms with van der Waals surface area (Å²) in [5.41, 5.74) is 1.14. The molecule has 28 heavy (non-hydrogen) atoms. The second-order valence-electron chi connectivity index (χ2n) is 7.06. The van der Waals surface area contributed by atoms with Crippen molar-refractivity contribution in [2.45, 2.75) is 25.7 Å².